The molecule has 0 atom stereocenters. The maximum Gasteiger partial charge on any atom is 0.224 e. The number of aromatic amines is 2. The molecule has 0 bridgehead atoms. The van der Waals surface area contributed by atoms with E-state index in [1.54, 1.807) is 36.0 Å². The second-order valence-corrected chi connectivity index (χ2v) is 11.3. The Kier molecular flexibility index (Phi) is 5.76. The number of benzene rings is 1. The zero-order chi connectivity index (χ0) is 26.4. The standard InChI is InChI=1S/C28H24FN7OS/c1-28(2,3)12-22(37)32-17-9-16(13-30-14-17)15-10-18-23(19(29)11-15)35-36-24(18)27-33-20-6-7-31-26(25(20)34-27)21-5-4-8-38-21/h4-11,13-14H,12H2,1-3H3,(H,32,37)(H,33,34)(H,35,36). The summed E-state index contributed by atoms with van der Waals surface area (Å²) in [5.41, 5.74) is 4.79. The van der Waals surface area contributed by atoms with Gasteiger partial charge in [-0.2, -0.15) is 5.10 Å². The molecule has 0 fully saturated rings. The van der Waals surface area contributed by atoms with Gasteiger partial charge in [-0.1, -0.05) is 26.8 Å². The van der Waals surface area contributed by atoms with Gasteiger partial charge in [-0.05, 0) is 46.7 Å². The maximum absolute atomic E-state index is 15.2. The first-order chi connectivity index (χ1) is 18.2. The first-order valence-corrected chi connectivity index (χ1v) is 12.9. The molecule has 10 heteroatoms. The first-order valence-electron chi connectivity index (χ1n) is 12.1. The Bertz CT molecular complexity index is 1800. The lowest BCUT2D eigenvalue weighted by atomic mass is 9.92. The number of hydrogen-bond donors (Lipinski definition) is 3. The van der Waals surface area contributed by atoms with E-state index < -0.39 is 5.82 Å². The van der Waals surface area contributed by atoms with E-state index in [4.69, 9.17) is 4.98 Å². The molecular weight excluding hydrogens is 501 g/mol. The molecule has 0 unspecified atom stereocenters. The number of aromatic nitrogens is 6. The zero-order valence-corrected chi connectivity index (χ0v) is 21.8. The van der Waals surface area contributed by atoms with Gasteiger partial charge in [-0.25, -0.2) is 9.37 Å². The van der Waals surface area contributed by atoms with E-state index in [1.165, 1.54) is 6.07 Å². The SMILES string of the molecule is CC(C)(C)CC(=O)Nc1cncc(-c2cc(F)c3n[nH]c(-c4nc5c(-c6cccs6)nccc5[nH]4)c3c2)c1. The summed E-state index contributed by atoms with van der Waals surface area (Å²) in [5, 5.41) is 12.6. The van der Waals surface area contributed by atoms with Crippen molar-refractivity contribution >= 4 is 44.9 Å². The van der Waals surface area contributed by atoms with Gasteiger partial charge in [0, 0.05) is 29.8 Å². The van der Waals surface area contributed by atoms with Crippen molar-refractivity contribution in [2.24, 2.45) is 5.41 Å². The average molecular weight is 526 g/mol. The van der Waals surface area contributed by atoms with E-state index in [2.05, 4.69) is 30.5 Å². The van der Waals surface area contributed by atoms with E-state index in [0.717, 1.165) is 21.6 Å². The van der Waals surface area contributed by atoms with Crippen molar-refractivity contribution in [3.05, 3.63) is 66.2 Å². The molecular formula is C28H24FN7OS. The summed E-state index contributed by atoms with van der Waals surface area (Å²) < 4.78 is 15.2. The number of imidazole rings is 1. The van der Waals surface area contributed by atoms with Crippen LogP contribution in [0.3, 0.4) is 0 Å². The van der Waals surface area contributed by atoms with Crippen LogP contribution in [-0.2, 0) is 4.79 Å². The second kappa shape index (κ2) is 9.14. The van der Waals surface area contributed by atoms with Gasteiger partial charge in [0.15, 0.2) is 11.6 Å². The van der Waals surface area contributed by atoms with Gasteiger partial charge in [-0.3, -0.25) is 19.9 Å². The summed E-state index contributed by atoms with van der Waals surface area (Å²) in [6.45, 7) is 6.01. The Morgan fingerprint density at radius 3 is 2.76 bits per heavy atom. The fraction of sp³-hybridized carbons (Fsp3) is 0.179. The summed E-state index contributed by atoms with van der Waals surface area (Å²) >= 11 is 1.59. The van der Waals surface area contributed by atoms with Gasteiger partial charge in [0.2, 0.25) is 5.91 Å². The second-order valence-electron chi connectivity index (χ2n) is 10.3. The third kappa shape index (κ3) is 4.54. The van der Waals surface area contributed by atoms with Crippen LogP contribution < -0.4 is 5.32 Å². The number of carbonyl (C=O) groups excluding carboxylic acids is 1. The lowest BCUT2D eigenvalue weighted by Gasteiger charge is -2.17. The van der Waals surface area contributed by atoms with Crippen LogP contribution in [0.1, 0.15) is 27.2 Å². The number of hydrogen-bond acceptors (Lipinski definition) is 6. The molecule has 0 spiro atoms. The van der Waals surface area contributed by atoms with Crippen LogP contribution in [0.2, 0.25) is 0 Å². The van der Waals surface area contributed by atoms with Crippen molar-refractivity contribution in [3.8, 4) is 33.2 Å². The molecule has 1 aromatic carbocycles. The lowest BCUT2D eigenvalue weighted by molar-refractivity contribution is -0.117. The Hall–Kier alpha value is -4.44. The van der Waals surface area contributed by atoms with Gasteiger partial charge < -0.3 is 10.3 Å². The van der Waals surface area contributed by atoms with Crippen LogP contribution in [0.4, 0.5) is 10.1 Å². The van der Waals surface area contributed by atoms with Crippen molar-refractivity contribution < 1.29 is 9.18 Å². The fourth-order valence-electron chi connectivity index (χ4n) is 4.42. The average Bonchev–Trinajstić information content (AvgIpc) is 3.61. The fourth-order valence-corrected chi connectivity index (χ4v) is 5.14. The molecule has 6 aromatic rings. The maximum atomic E-state index is 15.2. The van der Waals surface area contributed by atoms with Gasteiger partial charge >= 0.3 is 0 Å². The van der Waals surface area contributed by atoms with Crippen LogP contribution >= 0.6 is 11.3 Å². The molecule has 0 aliphatic carbocycles. The Morgan fingerprint density at radius 1 is 1.11 bits per heavy atom. The number of thiophene rings is 1. The third-order valence-corrected chi connectivity index (χ3v) is 6.93. The van der Waals surface area contributed by atoms with Crippen LogP contribution in [-0.4, -0.2) is 36.0 Å². The Balaban J connectivity index is 1.40. The van der Waals surface area contributed by atoms with Gasteiger partial charge in [-0.15, -0.1) is 11.3 Å². The smallest absolute Gasteiger partial charge is 0.224 e. The van der Waals surface area contributed by atoms with Crippen molar-refractivity contribution in [1.29, 1.82) is 0 Å². The number of anilines is 1. The van der Waals surface area contributed by atoms with Crippen molar-refractivity contribution in [1.82, 2.24) is 30.1 Å². The topological polar surface area (TPSA) is 112 Å². The summed E-state index contributed by atoms with van der Waals surface area (Å²) in [6, 6.07) is 10.9. The predicted octanol–water partition coefficient (Wildman–Crippen LogP) is 6.81. The molecule has 5 heterocycles. The normalized spacial score (nSPS) is 11.9. The molecule has 0 saturated heterocycles. The van der Waals surface area contributed by atoms with E-state index in [1.807, 2.05) is 50.4 Å². The van der Waals surface area contributed by atoms with E-state index >= 15 is 4.39 Å². The number of H-pyrrole nitrogens is 2. The molecule has 8 nitrogen and oxygen atoms in total. The lowest BCUT2D eigenvalue weighted by Crippen LogP contribution is -2.19. The molecule has 190 valence electrons. The molecule has 1 amide bonds. The summed E-state index contributed by atoms with van der Waals surface area (Å²) in [5.74, 6) is -0.0399. The third-order valence-electron chi connectivity index (χ3n) is 6.05. The van der Waals surface area contributed by atoms with Gasteiger partial charge in [0.25, 0.3) is 0 Å². The quantitative estimate of drug-likeness (QED) is 0.229. The summed E-state index contributed by atoms with van der Waals surface area (Å²) in [7, 11) is 0. The highest BCUT2D eigenvalue weighted by molar-refractivity contribution is 7.13. The summed E-state index contributed by atoms with van der Waals surface area (Å²) in [6.07, 6.45) is 5.33. The predicted molar refractivity (Wildman–Crippen MR) is 148 cm³/mol. The van der Waals surface area contributed by atoms with Gasteiger partial charge in [0.05, 0.1) is 22.3 Å². The Labute approximate surface area is 221 Å². The summed E-state index contributed by atoms with van der Waals surface area (Å²) in [4.78, 5) is 30.4. The molecule has 38 heavy (non-hydrogen) atoms. The molecule has 0 saturated carbocycles. The minimum Gasteiger partial charge on any atom is -0.337 e. The van der Waals surface area contributed by atoms with E-state index in [-0.39, 0.29) is 16.8 Å². The Morgan fingerprint density at radius 2 is 1.97 bits per heavy atom. The number of nitrogens with one attached hydrogen (secondary N) is 3. The van der Waals surface area contributed by atoms with Crippen LogP contribution in [0.25, 0.3) is 55.2 Å². The van der Waals surface area contributed by atoms with Crippen LogP contribution in [0, 0.1) is 11.2 Å². The number of nitrogens with zero attached hydrogens (tertiary/aromatic N) is 4. The zero-order valence-electron chi connectivity index (χ0n) is 21.0. The number of rotatable bonds is 5. The van der Waals surface area contributed by atoms with E-state index in [9.17, 15) is 4.79 Å². The molecule has 5 aromatic heterocycles. The van der Waals surface area contributed by atoms with Gasteiger partial charge in [0.1, 0.15) is 22.4 Å². The highest BCUT2D eigenvalue weighted by atomic mass is 32.1. The first kappa shape index (κ1) is 23.9. The largest absolute Gasteiger partial charge is 0.337 e. The molecule has 0 aliphatic rings. The number of amides is 1. The number of pyridine rings is 2. The number of carbonyl (C=O) groups is 1. The minimum atomic E-state index is -0.473. The highest BCUT2D eigenvalue weighted by Crippen LogP contribution is 2.34. The van der Waals surface area contributed by atoms with Crippen molar-refractivity contribution in [3.63, 3.8) is 0 Å². The monoisotopic (exact) mass is 525 g/mol. The van der Waals surface area contributed by atoms with Crippen LogP contribution in [0.5, 0.6) is 0 Å². The molecule has 6 rings (SSSR count). The molecule has 0 aliphatic heterocycles. The van der Waals surface area contributed by atoms with Crippen molar-refractivity contribution in [2.45, 2.75) is 27.2 Å². The molecule has 3 N–H and O–H groups in total. The molecule has 0 radical (unpaired) electrons. The van der Waals surface area contributed by atoms with Crippen LogP contribution in [0.15, 0.2) is 60.4 Å². The minimum absolute atomic E-state index is 0.100. The highest BCUT2D eigenvalue weighted by Gasteiger charge is 2.19. The van der Waals surface area contributed by atoms with E-state index in [0.29, 0.717) is 40.1 Å². The number of halogens is 1. The van der Waals surface area contributed by atoms with Crippen molar-refractivity contribution in [2.75, 3.05) is 5.32 Å². The number of fused-ring (bicyclic) bond motifs is 2.